The summed E-state index contributed by atoms with van der Waals surface area (Å²) in [6, 6.07) is 3.97. The number of hydrogen-bond donors (Lipinski definition) is 5. The van der Waals surface area contributed by atoms with E-state index in [0.29, 0.717) is 0 Å². The van der Waals surface area contributed by atoms with Gasteiger partial charge in [-0.25, -0.2) is 0 Å². The minimum Gasteiger partial charge on any atom is -0.507 e. The molecule has 1 aliphatic heterocycles. The van der Waals surface area contributed by atoms with Gasteiger partial charge in [-0.15, -0.1) is 0 Å². The predicted molar refractivity (Wildman–Crippen MR) is 116 cm³/mol. The highest BCUT2D eigenvalue weighted by Crippen LogP contribution is 2.45. The second-order valence-corrected chi connectivity index (χ2v) is 9.66. The van der Waals surface area contributed by atoms with Gasteiger partial charge < -0.3 is 30.3 Å². The molecule has 9 nitrogen and oxygen atoms in total. The van der Waals surface area contributed by atoms with E-state index < -0.39 is 58.9 Å². The Morgan fingerprint density at radius 3 is 2.35 bits per heavy atom. The van der Waals surface area contributed by atoms with Crippen LogP contribution in [0.1, 0.15) is 86.1 Å². The van der Waals surface area contributed by atoms with E-state index in [2.05, 4.69) is 0 Å². The number of aromatic hydroxyl groups is 2. The SMILES string of the molecule is CC1OC(c2ccc3c(c2O)C(=O)c2c(O)cc4c(c2C3=O)C(=O)CC(C)(O)C4)CC(O)C1O. The molecule has 0 aromatic heterocycles. The summed E-state index contributed by atoms with van der Waals surface area (Å²) in [5.74, 6) is -3.06. The molecule has 2 aromatic carbocycles. The number of benzene rings is 2. The molecule has 0 radical (unpaired) electrons. The van der Waals surface area contributed by atoms with Crippen LogP contribution in [0, 0.1) is 0 Å². The Balaban J connectivity index is 1.65. The van der Waals surface area contributed by atoms with Crippen molar-refractivity contribution in [1.82, 2.24) is 0 Å². The van der Waals surface area contributed by atoms with E-state index in [1.165, 1.54) is 25.1 Å². The van der Waals surface area contributed by atoms with Crippen LogP contribution in [-0.2, 0) is 11.2 Å². The third-order valence-corrected chi connectivity index (χ3v) is 6.97. The van der Waals surface area contributed by atoms with Gasteiger partial charge in [0.2, 0.25) is 5.78 Å². The van der Waals surface area contributed by atoms with Crippen molar-refractivity contribution in [3.8, 4) is 11.5 Å². The van der Waals surface area contributed by atoms with Gasteiger partial charge in [-0.05, 0) is 31.5 Å². The minimum absolute atomic E-state index is 0.00781. The van der Waals surface area contributed by atoms with E-state index in [1.807, 2.05) is 0 Å². The van der Waals surface area contributed by atoms with Gasteiger partial charge >= 0.3 is 0 Å². The molecule has 1 fully saturated rings. The zero-order valence-electron chi connectivity index (χ0n) is 18.5. The number of fused-ring (bicyclic) bond motifs is 4. The molecule has 5 rings (SSSR count). The van der Waals surface area contributed by atoms with Crippen LogP contribution >= 0.6 is 0 Å². The van der Waals surface area contributed by atoms with E-state index in [4.69, 9.17) is 4.74 Å². The summed E-state index contributed by atoms with van der Waals surface area (Å²) in [6.45, 7) is 3.05. The molecule has 1 heterocycles. The van der Waals surface area contributed by atoms with Crippen LogP contribution in [0.25, 0.3) is 0 Å². The van der Waals surface area contributed by atoms with Crippen molar-refractivity contribution in [2.75, 3.05) is 0 Å². The topological polar surface area (TPSA) is 162 Å². The quantitative estimate of drug-likeness (QED) is 0.355. The fraction of sp³-hybridized carbons (Fsp3) is 0.400. The smallest absolute Gasteiger partial charge is 0.202 e. The number of carbonyl (C=O) groups is 3. The first-order chi connectivity index (χ1) is 15.9. The average Bonchev–Trinajstić information content (AvgIpc) is 2.73. The van der Waals surface area contributed by atoms with Gasteiger partial charge in [0.05, 0.1) is 35.0 Å². The highest BCUT2D eigenvalue weighted by molar-refractivity contribution is 6.33. The van der Waals surface area contributed by atoms with Gasteiger partial charge in [-0.1, -0.05) is 6.07 Å². The molecule has 0 amide bonds. The fourth-order valence-electron chi connectivity index (χ4n) is 5.36. The molecule has 1 saturated heterocycles. The maximum absolute atomic E-state index is 13.5. The summed E-state index contributed by atoms with van der Waals surface area (Å²) in [5.41, 5.74) is -1.93. The summed E-state index contributed by atoms with van der Waals surface area (Å²) in [6.07, 6.45) is -4.04. The number of aliphatic hydroxyl groups is 3. The average molecular weight is 468 g/mol. The van der Waals surface area contributed by atoms with E-state index in [9.17, 15) is 39.9 Å². The highest BCUT2D eigenvalue weighted by Gasteiger charge is 2.44. The maximum Gasteiger partial charge on any atom is 0.202 e. The molecular formula is C25H24O9. The summed E-state index contributed by atoms with van der Waals surface area (Å²) < 4.78 is 5.71. The van der Waals surface area contributed by atoms with Crippen molar-refractivity contribution in [2.45, 2.75) is 63.1 Å². The molecular weight excluding hydrogens is 444 g/mol. The van der Waals surface area contributed by atoms with Crippen LogP contribution in [0.15, 0.2) is 18.2 Å². The van der Waals surface area contributed by atoms with Crippen molar-refractivity contribution >= 4 is 17.3 Å². The summed E-state index contributed by atoms with van der Waals surface area (Å²) in [4.78, 5) is 39.8. The maximum atomic E-state index is 13.5. The first-order valence-corrected chi connectivity index (χ1v) is 11.0. The standard InChI is InChI=1S/C25H24O9/c1-9-21(29)14(27)6-16(34-9)11-3-4-12-18(22(11)30)24(32)19-13(26)5-10-7-25(2,33)8-15(28)17(10)20(19)23(12)31/h3-5,9,14,16,21,26-27,29-30,33H,6-8H2,1-2H3. The van der Waals surface area contributed by atoms with E-state index >= 15 is 0 Å². The van der Waals surface area contributed by atoms with Crippen LogP contribution in [-0.4, -0.2) is 66.8 Å². The van der Waals surface area contributed by atoms with E-state index in [0.717, 1.165) is 0 Å². The lowest BCUT2D eigenvalue weighted by Gasteiger charge is -2.36. The second-order valence-electron chi connectivity index (χ2n) is 9.66. The summed E-state index contributed by atoms with van der Waals surface area (Å²) in [7, 11) is 0. The number of ketones is 3. The molecule has 178 valence electrons. The fourth-order valence-corrected chi connectivity index (χ4v) is 5.36. The lowest BCUT2D eigenvalue weighted by atomic mass is 9.72. The van der Waals surface area contributed by atoms with Gasteiger partial charge in [-0.3, -0.25) is 14.4 Å². The second kappa shape index (κ2) is 7.44. The van der Waals surface area contributed by atoms with Crippen molar-refractivity contribution in [3.63, 3.8) is 0 Å². The van der Waals surface area contributed by atoms with Crippen molar-refractivity contribution < 1.29 is 44.7 Å². The monoisotopic (exact) mass is 468 g/mol. The summed E-state index contributed by atoms with van der Waals surface area (Å²) in [5, 5.41) is 52.1. The molecule has 9 heteroatoms. The van der Waals surface area contributed by atoms with E-state index in [1.54, 1.807) is 6.92 Å². The van der Waals surface area contributed by atoms with Gasteiger partial charge in [0, 0.05) is 41.5 Å². The number of Topliss-reactive ketones (excluding diaryl/α,β-unsaturated/α-hetero) is 1. The predicted octanol–water partition coefficient (Wildman–Crippen LogP) is 1.32. The van der Waals surface area contributed by atoms with Gasteiger partial charge in [0.1, 0.15) is 17.6 Å². The molecule has 34 heavy (non-hydrogen) atoms. The first kappa shape index (κ1) is 22.7. The van der Waals surface area contributed by atoms with Gasteiger partial charge in [0.15, 0.2) is 11.6 Å². The molecule has 5 N–H and O–H groups in total. The Bertz CT molecular complexity index is 1260. The molecule has 2 aliphatic carbocycles. The summed E-state index contributed by atoms with van der Waals surface area (Å²) >= 11 is 0. The number of phenols is 2. The largest absolute Gasteiger partial charge is 0.507 e. The molecule has 2 aromatic rings. The van der Waals surface area contributed by atoms with Crippen molar-refractivity contribution in [1.29, 1.82) is 0 Å². The lowest BCUT2D eigenvalue weighted by molar-refractivity contribution is -0.163. The zero-order valence-corrected chi connectivity index (χ0v) is 18.5. The Morgan fingerprint density at radius 1 is 0.971 bits per heavy atom. The minimum atomic E-state index is -1.34. The Kier molecular flexibility index (Phi) is 4.96. The number of carbonyl (C=O) groups excluding carboxylic acids is 3. The first-order valence-electron chi connectivity index (χ1n) is 11.0. The molecule has 3 aliphatic rings. The number of phenolic OH excluding ortho intramolecular Hbond substituents is 2. The van der Waals surface area contributed by atoms with Gasteiger partial charge in [-0.2, -0.15) is 0 Å². The van der Waals surface area contributed by atoms with Crippen molar-refractivity contribution in [3.05, 3.63) is 57.1 Å². The Morgan fingerprint density at radius 2 is 1.68 bits per heavy atom. The molecule has 0 bridgehead atoms. The zero-order chi connectivity index (χ0) is 24.7. The normalized spacial score (nSPS) is 30.6. The molecule has 5 unspecified atom stereocenters. The van der Waals surface area contributed by atoms with Gasteiger partial charge in [0.25, 0.3) is 0 Å². The van der Waals surface area contributed by atoms with E-state index in [-0.39, 0.29) is 58.2 Å². The van der Waals surface area contributed by atoms with Crippen LogP contribution in [0.4, 0.5) is 0 Å². The third kappa shape index (κ3) is 3.19. The molecule has 0 saturated carbocycles. The van der Waals surface area contributed by atoms with Crippen LogP contribution in [0.2, 0.25) is 0 Å². The Labute approximate surface area is 194 Å². The Hall–Kier alpha value is -3.11. The number of aliphatic hydroxyl groups excluding tert-OH is 2. The third-order valence-electron chi connectivity index (χ3n) is 6.97. The number of ether oxygens (including phenoxy) is 1. The molecule has 5 atom stereocenters. The van der Waals surface area contributed by atoms with Crippen LogP contribution < -0.4 is 0 Å². The number of hydrogen-bond acceptors (Lipinski definition) is 9. The lowest BCUT2D eigenvalue weighted by Crippen LogP contribution is -2.44. The van der Waals surface area contributed by atoms with Crippen LogP contribution in [0.3, 0.4) is 0 Å². The molecule has 0 spiro atoms. The van der Waals surface area contributed by atoms with Crippen LogP contribution in [0.5, 0.6) is 11.5 Å². The van der Waals surface area contributed by atoms with Crippen molar-refractivity contribution in [2.24, 2.45) is 0 Å². The highest BCUT2D eigenvalue weighted by atomic mass is 16.5. The number of rotatable bonds is 1.